The predicted molar refractivity (Wildman–Crippen MR) is 337 cm³/mol. The molecule has 422 valence electrons. The van der Waals surface area contributed by atoms with Gasteiger partial charge in [-0.1, -0.05) is 173 Å². The molecule has 17 heteroatoms. The van der Waals surface area contributed by atoms with Crippen LogP contribution in [0, 0.1) is 17.5 Å². The highest BCUT2D eigenvalue weighted by atomic mass is 127. The Balaban J connectivity index is 0.000000219. The van der Waals surface area contributed by atoms with E-state index >= 15 is 0 Å². The largest absolute Gasteiger partial charge is 0.481 e. The van der Waals surface area contributed by atoms with Crippen molar-refractivity contribution in [1.29, 1.82) is 0 Å². The number of aliphatic hydroxyl groups excluding tert-OH is 2. The second kappa shape index (κ2) is 30.1. The summed E-state index contributed by atoms with van der Waals surface area (Å²) in [5, 5.41) is 35.8. The number of nitrogens with zero attached hydrogens (tertiary/aromatic N) is 3. The van der Waals surface area contributed by atoms with Gasteiger partial charge in [0.2, 0.25) is 5.91 Å². The molecular weight excluding hydrogens is 1360 g/mol. The van der Waals surface area contributed by atoms with Gasteiger partial charge >= 0.3 is 5.97 Å². The number of hydrogen-bond acceptors (Lipinski definition) is 7. The Morgan fingerprint density at radius 2 is 1.19 bits per heavy atom. The number of para-hydroxylation sites is 2. The molecule has 5 N–H and O–H groups in total. The number of benzene rings is 6. The van der Waals surface area contributed by atoms with Crippen LogP contribution in [0.25, 0.3) is 22.4 Å². The van der Waals surface area contributed by atoms with Crippen molar-refractivity contribution < 1.29 is 42.9 Å². The number of carbonyl (C=O) groups is 3. The number of rotatable bonds is 19. The van der Waals surface area contributed by atoms with E-state index in [1.807, 2.05) is 122 Å². The fourth-order valence-corrected chi connectivity index (χ4v) is 10.8. The minimum atomic E-state index is -1.18. The zero-order valence-corrected chi connectivity index (χ0v) is 51.1. The average Bonchev–Trinajstić information content (AvgIpc) is 3.97. The number of aromatic nitrogens is 1. The molecule has 0 unspecified atom stereocenters. The third-order valence-electron chi connectivity index (χ3n) is 14.5. The number of aliphatic carboxylic acids is 1. The summed E-state index contributed by atoms with van der Waals surface area (Å²) in [4.78, 5) is 42.6. The van der Waals surface area contributed by atoms with Crippen molar-refractivity contribution in [3.05, 3.63) is 204 Å². The van der Waals surface area contributed by atoms with Gasteiger partial charge in [0.05, 0.1) is 36.6 Å². The Hall–Kier alpha value is -5.33. The van der Waals surface area contributed by atoms with Crippen LogP contribution in [0.15, 0.2) is 164 Å². The number of amides is 2. The molecule has 0 aliphatic carbocycles. The first-order valence-corrected chi connectivity index (χ1v) is 30.5. The van der Waals surface area contributed by atoms with Gasteiger partial charge in [0.25, 0.3) is 5.91 Å². The van der Waals surface area contributed by atoms with Crippen LogP contribution in [0.1, 0.15) is 97.8 Å². The average molecular weight is 1430 g/mol. The van der Waals surface area contributed by atoms with Gasteiger partial charge in [-0.2, -0.15) is 0 Å². The second-order valence-corrected chi connectivity index (χ2v) is 31.1. The zero-order valence-electron chi connectivity index (χ0n) is 44.6. The molecule has 9 rings (SSSR count). The van der Waals surface area contributed by atoms with Gasteiger partial charge in [-0.15, -0.1) is 0 Å². The van der Waals surface area contributed by atoms with Gasteiger partial charge in [-0.25, -0.2) is 13.2 Å². The summed E-state index contributed by atoms with van der Waals surface area (Å²) in [6.07, 6.45) is 0.934. The number of anilines is 2. The number of halogens is 6. The van der Waals surface area contributed by atoms with Gasteiger partial charge in [0, 0.05) is 48.2 Å². The molecule has 1 spiro atoms. The SMILES string of the molecule is CC(C)c1c(C(=O)Nc2ccccc2)c(-c2ccccc2)c(-c2ccc(F)cc2)n1CC[C@@H](O)C[C@@H](O)CC(=O)O.IC(I)I.O=C1NCN(c2ccccc2)C12CCN(CCCC(c1ccc(F)cc1)c1ccc(F)cc1)CC2. The fraction of sp³-hybridized carbons (Fsp3) is 0.317. The van der Waals surface area contributed by atoms with E-state index in [0.29, 0.717) is 34.7 Å². The summed E-state index contributed by atoms with van der Waals surface area (Å²) in [7, 11) is 0. The third-order valence-corrected chi connectivity index (χ3v) is 14.5. The lowest BCUT2D eigenvalue weighted by Gasteiger charge is -2.43. The van der Waals surface area contributed by atoms with E-state index in [-0.39, 0.29) is 60.5 Å². The molecule has 3 heterocycles. The molecule has 80 heavy (non-hydrogen) atoms. The first-order valence-electron chi connectivity index (χ1n) is 26.7. The number of alkyl halides is 3. The van der Waals surface area contributed by atoms with Crippen LogP contribution in [0.3, 0.4) is 0 Å². The molecule has 0 bridgehead atoms. The fourth-order valence-electron chi connectivity index (χ4n) is 10.8. The number of aliphatic hydroxyl groups is 2. The predicted octanol–water partition coefficient (Wildman–Crippen LogP) is 14.2. The topological polar surface area (TPSA) is 147 Å². The monoisotopic (exact) mass is 1430 g/mol. The maximum atomic E-state index is 14.0. The summed E-state index contributed by atoms with van der Waals surface area (Å²) < 4.78 is 43.7. The van der Waals surface area contributed by atoms with Gasteiger partial charge < -0.3 is 40.3 Å². The summed E-state index contributed by atoms with van der Waals surface area (Å²) in [5.74, 6) is -2.23. The Bertz CT molecular complexity index is 3030. The van der Waals surface area contributed by atoms with Crippen LogP contribution < -0.4 is 15.5 Å². The van der Waals surface area contributed by atoms with Crippen molar-refractivity contribution in [1.82, 2.24) is 14.8 Å². The first kappa shape index (κ1) is 62.3. The van der Waals surface area contributed by atoms with E-state index in [9.17, 15) is 37.8 Å². The molecule has 2 atom stereocenters. The van der Waals surface area contributed by atoms with E-state index in [0.717, 1.165) is 73.3 Å². The third kappa shape index (κ3) is 16.9. The molecule has 2 amide bonds. The maximum Gasteiger partial charge on any atom is 0.305 e. The molecule has 2 saturated heterocycles. The molecule has 7 aromatic rings. The van der Waals surface area contributed by atoms with Crippen molar-refractivity contribution in [2.24, 2.45) is 0 Å². The van der Waals surface area contributed by atoms with E-state index in [1.54, 1.807) is 12.1 Å². The number of piperidine rings is 1. The zero-order chi connectivity index (χ0) is 57.3. The van der Waals surface area contributed by atoms with Gasteiger partial charge in [-0.05, 0) is 146 Å². The smallest absolute Gasteiger partial charge is 0.305 e. The Labute approximate surface area is 507 Å². The highest BCUT2D eigenvalue weighted by molar-refractivity contribution is 14.3. The summed E-state index contributed by atoms with van der Waals surface area (Å²) in [6, 6.07) is 48.2. The number of carboxylic acids is 1. The highest BCUT2D eigenvalue weighted by Crippen LogP contribution is 2.43. The number of carbonyl (C=O) groups excluding carboxylic acids is 2. The molecule has 11 nitrogen and oxygen atoms in total. The van der Waals surface area contributed by atoms with Crippen LogP contribution >= 0.6 is 67.8 Å². The van der Waals surface area contributed by atoms with E-state index in [4.69, 9.17) is 5.11 Å². The maximum absolute atomic E-state index is 14.0. The van der Waals surface area contributed by atoms with E-state index in [1.165, 1.54) is 36.4 Å². The van der Waals surface area contributed by atoms with Crippen molar-refractivity contribution in [2.75, 3.05) is 36.5 Å². The van der Waals surface area contributed by atoms with E-state index < -0.39 is 30.1 Å². The normalized spacial score (nSPS) is 14.8. The molecule has 0 radical (unpaired) electrons. The number of hydrogen-bond donors (Lipinski definition) is 5. The Kier molecular flexibility index (Phi) is 23.4. The first-order chi connectivity index (χ1) is 38.4. The summed E-state index contributed by atoms with van der Waals surface area (Å²) >= 11 is 6.95. The Morgan fingerprint density at radius 3 is 1.71 bits per heavy atom. The molecule has 0 saturated carbocycles. The van der Waals surface area contributed by atoms with Gasteiger partial charge in [-0.3, -0.25) is 14.4 Å². The van der Waals surface area contributed by atoms with Crippen LogP contribution in [0.5, 0.6) is 0 Å². The minimum Gasteiger partial charge on any atom is -0.481 e. The highest BCUT2D eigenvalue weighted by Gasteiger charge is 2.50. The van der Waals surface area contributed by atoms with Gasteiger partial charge in [0.15, 0.2) is 0 Å². The lowest BCUT2D eigenvalue weighted by atomic mass is 9.85. The lowest BCUT2D eigenvalue weighted by molar-refractivity contribution is -0.139. The van der Waals surface area contributed by atoms with Crippen LogP contribution in [0.2, 0.25) is 0 Å². The quantitative estimate of drug-likeness (QED) is 0.0397. The van der Waals surface area contributed by atoms with Crippen molar-refractivity contribution in [2.45, 2.75) is 94.9 Å². The number of carboxylic acid groups (broad SMARTS) is 1. The number of nitrogens with one attached hydrogen (secondary N) is 2. The van der Waals surface area contributed by atoms with Gasteiger partial charge in [0.1, 0.15) is 22.9 Å². The number of likely N-dealkylation sites (tertiary alicyclic amines) is 1. The van der Waals surface area contributed by atoms with Crippen molar-refractivity contribution in [3.63, 3.8) is 0 Å². The molecule has 1 aromatic heterocycles. The lowest BCUT2D eigenvalue weighted by Crippen LogP contribution is -2.56. The second-order valence-electron chi connectivity index (χ2n) is 20.3. The van der Waals surface area contributed by atoms with Crippen LogP contribution in [-0.4, -0.2) is 86.6 Å². The molecule has 2 fully saturated rings. The van der Waals surface area contributed by atoms with Crippen LogP contribution in [0.4, 0.5) is 24.5 Å². The standard InChI is InChI=1S/C33H35FN2O5.C29H31F2N3O.CHI3/c1-21(2)31-30(33(41)35-25-11-7-4-8-12-25)29(22-9-5-3-6-10-22)32(23-13-15-24(34)16-14-23)36(31)18-17-26(37)19-27(38)20-28(39)40;30-24-12-8-22(9-13-24)27(23-10-14-25(31)15-11-23)7-4-18-33-19-16-29(17-20-33)28(35)32-21-34(29)26-5-2-1-3-6-26;2-1(3)4/h3-16,21,26-27,37-38H,17-20H2,1-2H3,(H,35,41)(H,39,40);1-3,5-6,8-15,27H,4,7,16-21H2,(H,32,35);1H/t26-,27-;;/m1../s1. The molecule has 6 aromatic carbocycles. The minimum absolute atomic E-state index is 0.0847. The van der Waals surface area contributed by atoms with Crippen molar-refractivity contribution in [3.8, 4) is 22.4 Å². The van der Waals surface area contributed by atoms with Crippen molar-refractivity contribution >= 4 is 96.9 Å². The molecule has 2 aliphatic heterocycles. The summed E-state index contributed by atoms with van der Waals surface area (Å²) in [6.45, 7) is 7.48. The molecule has 2 aliphatic rings. The van der Waals surface area contributed by atoms with E-state index in [2.05, 4.69) is 100 Å². The Morgan fingerprint density at radius 1 is 0.675 bits per heavy atom. The molecular formula is C63H67F3I3N5O6. The summed E-state index contributed by atoms with van der Waals surface area (Å²) in [5.41, 5.74) is 7.47. The van der Waals surface area contributed by atoms with Crippen LogP contribution in [-0.2, 0) is 16.1 Å².